The molecular formula is C26H35Cl3O6. The summed E-state index contributed by atoms with van der Waals surface area (Å²) in [5, 5.41) is 9.93. The number of allylic oxidation sites excluding steroid dienone is 2. The third-order valence-electron chi connectivity index (χ3n) is 5.52. The fourth-order valence-electron chi connectivity index (χ4n) is 3.48. The predicted octanol–water partition coefficient (Wildman–Crippen LogP) is 5.35. The molecule has 2 unspecified atom stereocenters. The van der Waals surface area contributed by atoms with Gasteiger partial charge in [0, 0.05) is 17.4 Å². The third kappa shape index (κ3) is 9.27. The number of alkyl halides is 2. The van der Waals surface area contributed by atoms with Crippen molar-refractivity contribution >= 4 is 40.8 Å². The Labute approximate surface area is 223 Å². The zero-order chi connectivity index (χ0) is 26.2. The van der Waals surface area contributed by atoms with Crippen LogP contribution in [0.25, 0.3) is 0 Å². The van der Waals surface area contributed by atoms with Crippen LogP contribution in [-0.4, -0.2) is 66.6 Å². The van der Waals surface area contributed by atoms with E-state index in [1.54, 1.807) is 0 Å². The van der Waals surface area contributed by atoms with Gasteiger partial charge in [0.25, 0.3) is 0 Å². The molecule has 35 heavy (non-hydrogen) atoms. The van der Waals surface area contributed by atoms with Gasteiger partial charge in [-0.05, 0) is 43.2 Å². The number of rotatable bonds is 13. The van der Waals surface area contributed by atoms with E-state index in [9.17, 15) is 9.90 Å². The summed E-state index contributed by atoms with van der Waals surface area (Å²) in [5.41, 5.74) is 1.60. The molecule has 2 rings (SSSR count). The lowest BCUT2D eigenvalue weighted by atomic mass is 9.75. The number of halogens is 3. The normalized spacial score (nSPS) is 20.2. The van der Waals surface area contributed by atoms with E-state index in [1.165, 1.54) is 6.92 Å². The second kappa shape index (κ2) is 13.9. The Morgan fingerprint density at radius 3 is 2.34 bits per heavy atom. The number of carbonyl (C=O) groups is 1. The molecule has 0 aliphatic heterocycles. The van der Waals surface area contributed by atoms with Gasteiger partial charge in [-0.2, -0.15) is 0 Å². The minimum absolute atomic E-state index is 0.0561. The quantitative estimate of drug-likeness (QED) is 0.264. The third-order valence-corrected chi connectivity index (χ3v) is 6.54. The zero-order valence-electron chi connectivity index (χ0n) is 20.8. The molecule has 196 valence electrons. The second-order valence-corrected chi connectivity index (χ2v) is 10.5. The zero-order valence-corrected chi connectivity index (χ0v) is 23.1. The number of hydrogen-bond donors (Lipinski definition) is 1. The van der Waals surface area contributed by atoms with E-state index in [0.717, 1.165) is 11.1 Å². The van der Waals surface area contributed by atoms with Crippen LogP contribution in [0.15, 0.2) is 47.0 Å². The molecule has 0 fully saturated rings. The fraction of sp³-hybridized carbons (Fsp3) is 0.577. The summed E-state index contributed by atoms with van der Waals surface area (Å²) >= 11 is 19.0. The van der Waals surface area contributed by atoms with Crippen molar-refractivity contribution in [2.24, 2.45) is 0 Å². The summed E-state index contributed by atoms with van der Waals surface area (Å²) in [6, 6.07) is 7.69. The van der Waals surface area contributed by atoms with Crippen LogP contribution >= 0.6 is 34.8 Å². The SMILES string of the molecule is CC(=O)O[C@@H](CCl)COC1C(Cl)=CC(C(C)(C)c2ccc(OC[C@@H](O)COC(C)C)cc2)=CC1Cl. The van der Waals surface area contributed by atoms with Crippen molar-refractivity contribution in [3.63, 3.8) is 0 Å². The minimum Gasteiger partial charge on any atom is -0.491 e. The van der Waals surface area contributed by atoms with Crippen LogP contribution in [0, 0.1) is 0 Å². The maximum atomic E-state index is 11.2. The molecule has 0 heterocycles. The average Bonchev–Trinajstić information content (AvgIpc) is 2.79. The Balaban J connectivity index is 2.01. The van der Waals surface area contributed by atoms with Crippen molar-refractivity contribution in [1.82, 2.24) is 0 Å². The molecule has 6 nitrogen and oxygen atoms in total. The van der Waals surface area contributed by atoms with E-state index >= 15 is 0 Å². The monoisotopic (exact) mass is 548 g/mol. The number of carbonyl (C=O) groups excluding carboxylic acids is 1. The van der Waals surface area contributed by atoms with Crippen LogP contribution in [0.4, 0.5) is 0 Å². The van der Waals surface area contributed by atoms with Gasteiger partial charge in [-0.25, -0.2) is 0 Å². The van der Waals surface area contributed by atoms with E-state index in [2.05, 4.69) is 13.8 Å². The summed E-state index contributed by atoms with van der Waals surface area (Å²) in [7, 11) is 0. The highest BCUT2D eigenvalue weighted by Crippen LogP contribution is 2.39. The van der Waals surface area contributed by atoms with Gasteiger partial charge in [-0.3, -0.25) is 4.79 Å². The fourth-order valence-corrected chi connectivity index (χ4v) is 4.36. The first-order valence-electron chi connectivity index (χ1n) is 11.5. The lowest BCUT2D eigenvalue weighted by Crippen LogP contribution is -2.34. The molecule has 1 N–H and O–H groups in total. The first-order valence-corrected chi connectivity index (χ1v) is 12.9. The smallest absolute Gasteiger partial charge is 0.303 e. The number of hydrogen-bond acceptors (Lipinski definition) is 6. The van der Waals surface area contributed by atoms with Crippen molar-refractivity contribution in [3.05, 3.63) is 52.6 Å². The van der Waals surface area contributed by atoms with Crippen molar-refractivity contribution in [3.8, 4) is 5.75 Å². The number of aliphatic hydroxyl groups excluding tert-OH is 1. The van der Waals surface area contributed by atoms with Crippen LogP contribution in [0.3, 0.4) is 0 Å². The minimum atomic E-state index is -0.697. The topological polar surface area (TPSA) is 74.2 Å². The van der Waals surface area contributed by atoms with Crippen molar-refractivity contribution < 1.29 is 28.8 Å². The van der Waals surface area contributed by atoms with E-state index in [1.807, 2.05) is 50.3 Å². The number of aliphatic hydroxyl groups is 1. The Hall–Kier alpha value is -1.28. The van der Waals surface area contributed by atoms with Gasteiger partial charge in [0.1, 0.15) is 30.7 Å². The van der Waals surface area contributed by atoms with E-state index in [0.29, 0.717) is 10.8 Å². The molecule has 0 spiro atoms. The van der Waals surface area contributed by atoms with Crippen LogP contribution in [0.5, 0.6) is 5.75 Å². The van der Waals surface area contributed by atoms with Crippen LogP contribution in [0.2, 0.25) is 0 Å². The standard InChI is InChI=1S/C26H35Cl3O6/c1-16(2)32-13-20(31)14-33-21-8-6-18(7-9-21)26(4,5)19-10-23(28)25(24(29)11-19)34-15-22(12-27)35-17(3)30/h6-11,16,20,22-23,25,31H,12-15H2,1-5H3/t20-,22-,23?,25?/m0/s1. The molecule has 0 bridgehead atoms. The Morgan fingerprint density at radius 2 is 1.80 bits per heavy atom. The van der Waals surface area contributed by atoms with Gasteiger partial charge in [-0.15, -0.1) is 23.2 Å². The second-order valence-electron chi connectivity index (χ2n) is 9.23. The summed E-state index contributed by atoms with van der Waals surface area (Å²) in [6.45, 7) is 9.78. The van der Waals surface area contributed by atoms with E-state index < -0.39 is 35.1 Å². The molecule has 1 aromatic rings. The first kappa shape index (κ1) is 29.9. The largest absolute Gasteiger partial charge is 0.491 e. The number of ether oxygens (including phenoxy) is 4. The van der Waals surface area contributed by atoms with Crippen molar-refractivity contribution in [2.45, 2.75) is 69.8 Å². The maximum Gasteiger partial charge on any atom is 0.303 e. The average molecular weight is 550 g/mol. The first-order chi connectivity index (χ1) is 16.4. The van der Waals surface area contributed by atoms with Gasteiger partial charge in [0.15, 0.2) is 0 Å². The molecule has 0 saturated carbocycles. The number of benzene rings is 1. The summed E-state index contributed by atoms with van der Waals surface area (Å²) in [6.07, 6.45) is 2.00. The highest BCUT2D eigenvalue weighted by atomic mass is 35.5. The van der Waals surface area contributed by atoms with Crippen LogP contribution in [0.1, 0.15) is 40.2 Å². The Bertz CT molecular complexity index is 882. The Morgan fingerprint density at radius 1 is 1.14 bits per heavy atom. The molecule has 0 saturated heterocycles. The summed E-state index contributed by atoms with van der Waals surface area (Å²) < 4.78 is 22.0. The Kier molecular flexibility index (Phi) is 11.9. The van der Waals surface area contributed by atoms with E-state index in [4.69, 9.17) is 53.8 Å². The number of esters is 1. The molecule has 0 radical (unpaired) electrons. The lowest BCUT2D eigenvalue weighted by Gasteiger charge is -2.33. The highest BCUT2D eigenvalue weighted by molar-refractivity contribution is 6.32. The molecule has 1 aliphatic rings. The molecule has 4 atom stereocenters. The molecule has 0 amide bonds. The molecule has 9 heteroatoms. The summed E-state index contributed by atoms with van der Waals surface area (Å²) in [4.78, 5) is 11.2. The predicted molar refractivity (Wildman–Crippen MR) is 140 cm³/mol. The highest BCUT2D eigenvalue weighted by Gasteiger charge is 2.33. The van der Waals surface area contributed by atoms with E-state index in [-0.39, 0.29) is 31.8 Å². The van der Waals surface area contributed by atoms with Gasteiger partial charge >= 0.3 is 5.97 Å². The molecule has 1 aliphatic carbocycles. The van der Waals surface area contributed by atoms with Gasteiger partial charge in [-0.1, -0.05) is 43.7 Å². The lowest BCUT2D eigenvalue weighted by molar-refractivity contribution is -0.148. The molecular weight excluding hydrogens is 515 g/mol. The van der Waals surface area contributed by atoms with Gasteiger partial charge in [0.05, 0.1) is 30.6 Å². The summed E-state index contributed by atoms with van der Waals surface area (Å²) in [5.74, 6) is 0.340. The molecule has 0 aromatic heterocycles. The molecule has 1 aromatic carbocycles. The van der Waals surface area contributed by atoms with Gasteiger partial charge < -0.3 is 24.1 Å². The van der Waals surface area contributed by atoms with Crippen molar-refractivity contribution in [1.29, 1.82) is 0 Å². The van der Waals surface area contributed by atoms with Gasteiger partial charge in [0.2, 0.25) is 0 Å². The van der Waals surface area contributed by atoms with Crippen molar-refractivity contribution in [2.75, 3.05) is 25.7 Å². The maximum absolute atomic E-state index is 11.2. The van der Waals surface area contributed by atoms with Crippen LogP contribution < -0.4 is 4.74 Å². The van der Waals surface area contributed by atoms with Crippen LogP contribution in [-0.2, 0) is 24.4 Å².